The van der Waals surface area contributed by atoms with E-state index in [1.54, 1.807) is 0 Å². The van der Waals surface area contributed by atoms with E-state index >= 15 is 0 Å². The molecule has 94 valence electrons. The largest absolute Gasteiger partial charge is 0.396 e. The predicted octanol–water partition coefficient (Wildman–Crippen LogP) is -0.224. The highest BCUT2D eigenvalue weighted by atomic mass is 16.7. The van der Waals surface area contributed by atoms with E-state index in [1.807, 2.05) is 0 Å². The minimum atomic E-state index is -1.05. The summed E-state index contributed by atoms with van der Waals surface area (Å²) in [5.74, 6) is -1.05. The fraction of sp³-hybridized carbons (Fsp3) is 1.00. The molecular weight excluding hydrogens is 212 g/mol. The van der Waals surface area contributed by atoms with Gasteiger partial charge >= 0.3 is 0 Å². The first-order valence-electron chi connectivity index (χ1n) is 5.97. The molecule has 0 saturated carbocycles. The van der Waals surface area contributed by atoms with Gasteiger partial charge in [0.05, 0.1) is 18.8 Å². The lowest BCUT2D eigenvalue weighted by molar-refractivity contribution is -0.352. The molecule has 0 aromatic rings. The second-order valence-corrected chi connectivity index (χ2v) is 4.62. The molecule has 0 amide bonds. The second kappa shape index (κ2) is 4.98. The van der Waals surface area contributed by atoms with Crippen molar-refractivity contribution in [1.29, 1.82) is 0 Å². The first kappa shape index (κ1) is 12.3. The van der Waals surface area contributed by atoms with Gasteiger partial charge in [0, 0.05) is 19.4 Å². The first-order chi connectivity index (χ1) is 7.68. The van der Waals surface area contributed by atoms with Gasteiger partial charge in [-0.1, -0.05) is 0 Å². The zero-order valence-electron chi connectivity index (χ0n) is 9.34. The van der Waals surface area contributed by atoms with Gasteiger partial charge in [0.25, 0.3) is 0 Å². The molecule has 0 aromatic carbocycles. The zero-order chi connectivity index (χ0) is 11.6. The van der Waals surface area contributed by atoms with Crippen molar-refractivity contribution in [3.05, 3.63) is 0 Å². The topological polar surface area (TPSA) is 79.2 Å². The van der Waals surface area contributed by atoms with Crippen molar-refractivity contribution in [2.45, 2.75) is 56.2 Å². The summed E-state index contributed by atoms with van der Waals surface area (Å²) in [6, 6.07) is 0. The standard InChI is InChI=1S/C11H20O5/c12-5-3-8-7-9(13)10(14)11(16-8)4-1-2-6-15-11/h8-10,12-14H,1-7H2/t8-,9-,10+,11-/m1/s1. The van der Waals surface area contributed by atoms with Crippen LogP contribution in [0.1, 0.15) is 32.1 Å². The fourth-order valence-electron chi connectivity index (χ4n) is 2.53. The Bertz CT molecular complexity index is 226. The van der Waals surface area contributed by atoms with Gasteiger partial charge in [0.1, 0.15) is 6.10 Å². The highest BCUT2D eigenvalue weighted by Crippen LogP contribution is 2.38. The predicted molar refractivity (Wildman–Crippen MR) is 55.7 cm³/mol. The summed E-state index contributed by atoms with van der Waals surface area (Å²) in [5, 5.41) is 28.7. The van der Waals surface area contributed by atoms with E-state index in [0.29, 0.717) is 25.9 Å². The van der Waals surface area contributed by atoms with Crippen molar-refractivity contribution >= 4 is 0 Å². The Morgan fingerprint density at radius 1 is 1.25 bits per heavy atom. The van der Waals surface area contributed by atoms with Crippen LogP contribution in [0.15, 0.2) is 0 Å². The molecule has 0 radical (unpaired) electrons. The molecular formula is C11H20O5. The molecule has 4 atom stereocenters. The minimum Gasteiger partial charge on any atom is -0.396 e. The maximum absolute atomic E-state index is 9.98. The fourth-order valence-corrected chi connectivity index (χ4v) is 2.53. The van der Waals surface area contributed by atoms with Gasteiger partial charge in [0.2, 0.25) is 0 Å². The molecule has 0 bridgehead atoms. The van der Waals surface area contributed by atoms with Gasteiger partial charge in [-0.05, 0) is 19.3 Å². The quantitative estimate of drug-likeness (QED) is 0.613. The molecule has 0 aromatic heterocycles. The smallest absolute Gasteiger partial charge is 0.197 e. The average molecular weight is 232 g/mol. The van der Waals surface area contributed by atoms with Crippen LogP contribution in [0.3, 0.4) is 0 Å². The van der Waals surface area contributed by atoms with Gasteiger partial charge < -0.3 is 24.8 Å². The number of aliphatic hydroxyl groups excluding tert-OH is 3. The van der Waals surface area contributed by atoms with E-state index in [-0.39, 0.29) is 12.7 Å². The van der Waals surface area contributed by atoms with Gasteiger partial charge in [-0.3, -0.25) is 0 Å². The van der Waals surface area contributed by atoms with Crippen LogP contribution < -0.4 is 0 Å². The van der Waals surface area contributed by atoms with Crippen molar-refractivity contribution in [3.8, 4) is 0 Å². The molecule has 1 spiro atoms. The average Bonchev–Trinajstić information content (AvgIpc) is 2.28. The Morgan fingerprint density at radius 2 is 2.06 bits per heavy atom. The van der Waals surface area contributed by atoms with Gasteiger partial charge in [-0.15, -0.1) is 0 Å². The van der Waals surface area contributed by atoms with Crippen molar-refractivity contribution in [2.75, 3.05) is 13.2 Å². The summed E-state index contributed by atoms with van der Waals surface area (Å²) in [5.41, 5.74) is 0. The molecule has 0 unspecified atom stereocenters. The Balaban J connectivity index is 2.08. The van der Waals surface area contributed by atoms with Crippen LogP contribution in [0.2, 0.25) is 0 Å². The Labute approximate surface area is 95.0 Å². The Morgan fingerprint density at radius 3 is 2.69 bits per heavy atom. The summed E-state index contributed by atoms with van der Waals surface area (Å²) in [6.45, 7) is 0.569. The molecule has 5 heteroatoms. The third-order valence-corrected chi connectivity index (χ3v) is 3.40. The summed E-state index contributed by atoms with van der Waals surface area (Å²) in [4.78, 5) is 0. The van der Waals surface area contributed by atoms with Crippen LogP contribution >= 0.6 is 0 Å². The van der Waals surface area contributed by atoms with Crippen molar-refractivity contribution < 1.29 is 24.8 Å². The number of rotatable bonds is 2. The maximum atomic E-state index is 9.98. The Hall–Kier alpha value is -0.200. The lowest BCUT2D eigenvalue weighted by Crippen LogP contribution is -2.60. The van der Waals surface area contributed by atoms with Gasteiger partial charge in [-0.2, -0.15) is 0 Å². The van der Waals surface area contributed by atoms with E-state index in [2.05, 4.69) is 0 Å². The molecule has 5 nitrogen and oxygen atoms in total. The van der Waals surface area contributed by atoms with Gasteiger partial charge in [-0.25, -0.2) is 0 Å². The number of hydrogen-bond acceptors (Lipinski definition) is 5. The summed E-state index contributed by atoms with van der Waals surface area (Å²) >= 11 is 0. The molecule has 2 aliphatic rings. The summed E-state index contributed by atoms with van der Waals surface area (Å²) < 4.78 is 11.3. The van der Waals surface area contributed by atoms with E-state index in [1.165, 1.54) is 0 Å². The number of aliphatic hydroxyl groups is 3. The third kappa shape index (κ3) is 2.24. The van der Waals surface area contributed by atoms with E-state index in [0.717, 1.165) is 12.8 Å². The maximum Gasteiger partial charge on any atom is 0.197 e. The van der Waals surface area contributed by atoms with Crippen molar-refractivity contribution in [2.24, 2.45) is 0 Å². The third-order valence-electron chi connectivity index (χ3n) is 3.40. The van der Waals surface area contributed by atoms with Crippen molar-refractivity contribution in [1.82, 2.24) is 0 Å². The van der Waals surface area contributed by atoms with E-state index < -0.39 is 18.0 Å². The monoisotopic (exact) mass is 232 g/mol. The molecule has 16 heavy (non-hydrogen) atoms. The normalized spacial score (nSPS) is 44.8. The summed E-state index contributed by atoms with van der Waals surface area (Å²) in [6.07, 6.45) is 1.26. The van der Waals surface area contributed by atoms with Crippen LogP contribution in [0.25, 0.3) is 0 Å². The molecule has 2 aliphatic heterocycles. The lowest BCUT2D eigenvalue weighted by atomic mass is 9.89. The van der Waals surface area contributed by atoms with Crippen LogP contribution in [0, 0.1) is 0 Å². The Kier molecular flexibility index (Phi) is 3.81. The summed E-state index contributed by atoms with van der Waals surface area (Å²) in [7, 11) is 0. The number of ether oxygens (including phenoxy) is 2. The lowest BCUT2D eigenvalue weighted by Gasteiger charge is -2.48. The van der Waals surface area contributed by atoms with Crippen LogP contribution in [0.5, 0.6) is 0 Å². The number of hydrogen-bond donors (Lipinski definition) is 3. The zero-order valence-corrected chi connectivity index (χ0v) is 9.34. The molecule has 2 rings (SSSR count). The minimum absolute atomic E-state index is 0.0174. The SMILES string of the molecule is OCC[C@@H]1C[C@@H](O)[C@H](O)[C@@]2(CCCCO2)O1. The van der Waals surface area contributed by atoms with Crippen LogP contribution in [-0.4, -0.2) is 52.6 Å². The molecule has 2 fully saturated rings. The van der Waals surface area contributed by atoms with Crippen molar-refractivity contribution in [3.63, 3.8) is 0 Å². The van der Waals surface area contributed by atoms with Crippen LogP contribution in [0.4, 0.5) is 0 Å². The highest BCUT2D eigenvalue weighted by molar-refractivity contribution is 4.93. The first-order valence-corrected chi connectivity index (χ1v) is 5.97. The second-order valence-electron chi connectivity index (χ2n) is 4.62. The van der Waals surface area contributed by atoms with E-state index in [4.69, 9.17) is 14.6 Å². The molecule has 3 N–H and O–H groups in total. The van der Waals surface area contributed by atoms with E-state index in [9.17, 15) is 10.2 Å². The van der Waals surface area contributed by atoms with Gasteiger partial charge in [0.15, 0.2) is 5.79 Å². The highest BCUT2D eigenvalue weighted by Gasteiger charge is 2.50. The molecule has 0 aliphatic carbocycles. The van der Waals surface area contributed by atoms with Crippen LogP contribution in [-0.2, 0) is 9.47 Å². The molecule has 2 heterocycles. The molecule has 2 saturated heterocycles.